The van der Waals surface area contributed by atoms with E-state index >= 15 is 0 Å². The van der Waals surface area contributed by atoms with Gasteiger partial charge in [-0.1, -0.05) is 74.6 Å². The van der Waals surface area contributed by atoms with E-state index in [-0.39, 0.29) is 17.8 Å². The molecule has 0 radical (unpaired) electrons. The molecule has 5 rings (SSSR count). The van der Waals surface area contributed by atoms with Crippen molar-refractivity contribution >= 4 is 23.6 Å². The number of amides is 4. The Bertz CT molecular complexity index is 1280. The van der Waals surface area contributed by atoms with Gasteiger partial charge in [0.2, 0.25) is 0 Å². The van der Waals surface area contributed by atoms with Crippen LogP contribution in [0.3, 0.4) is 0 Å². The summed E-state index contributed by atoms with van der Waals surface area (Å²) in [6.07, 6.45) is 10.6. The van der Waals surface area contributed by atoms with Gasteiger partial charge in [-0.15, -0.1) is 0 Å². The molecule has 0 aromatic heterocycles. The molecular weight excluding hydrogens is 556 g/mol. The lowest BCUT2D eigenvalue weighted by Gasteiger charge is -2.41. The van der Waals surface area contributed by atoms with Crippen LogP contribution in [0.25, 0.3) is 0 Å². The number of rotatable bonds is 13. The summed E-state index contributed by atoms with van der Waals surface area (Å²) < 4.78 is 0. The molecule has 9 nitrogen and oxygen atoms in total. The predicted octanol–water partition coefficient (Wildman–Crippen LogP) is 3.68. The van der Waals surface area contributed by atoms with E-state index in [2.05, 4.69) is 5.32 Å². The first-order valence-corrected chi connectivity index (χ1v) is 16.4. The highest BCUT2D eigenvalue weighted by atomic mass is 16.3. The monoisotopic (exact) mass is 602 g/mol. The fraction of sp³-hybridized carbons (Fsp3) is 0.543. The van der Waals surface area contributed by atoms with Gasteiger partial charge < -0.3 is 25.1 Å². The van der Waals surface area contributed by atoms with Gasteiger partial charge in [-0.25, -0.2) is 0 Å². The molecule has 2 aliphatic heterocycles. The van der Waals surface area contributed by atoms with E-state index in [0.29, 0.717) is 57.9 Å². The van der Waals surface area contributed by atoms with Crippen LogP contribution in [0.4, 0.5) is 0 Å². The lowest BCUT2D eigenvalue weighted by molar-refractivity contribution is -0.159. The lowest BCUT2D eigenvalue weighted by atomic mass is 9.86. The number of phenolic OH excluding ortho intramolecular Hbond substituents is 1. The topological polar surface area (TPSA) is 110 Å². The maximum Gasteiger partial charge on any atom is 0.312 e. The van der Waals surface area contributed by atoms with Gasteiger partial charge in [0.25, 0.3) is 0 Å². The number of unbranched alkanes of at least 4 members (excludes halogenated alkanes) is 1. The molecule has 3 fully saturated rings. The number of piperazine rings is 2. The zero-order chi connectivity index (χ0) is 30.9. The largest absolute Gasteiger partial charge is 0.508 e. The number of nitrogens with one attached hydrogen (secondary N) is 1. The van der Waals surface area contributed by atoms with Crippen molar-refractivity contribution in [3.05, 3.63) is 65.7 Å². The first-order chi connectivity index (χ1) is 21.4. The molecule has 1 saturated carbocycles. The Hall–Kier alpha value is -3.88. The lowest BCUT2D eigenvalue weighted by Crippen LogP contribution is -2.60. The summed E-state index contributed by atoms with van der Waals surface area (Å²) in [6, 6.07) is 16.8. The van der Waals surface area contributed by atoms with E-state index < -0.39 is 23.6 Å². The summed E-state index contributed by atoms with van der Waals surface area (Å²) in [6.45, 7) is 2.47. The Labute approximate surface area is 260 Å². The molecule has 4 amide bonds. The van der Waals surface area contributed by atoms with Gasteiger partial charge >= 0.3 is 23.6 Å². The number of phenols is 1. The molecule has 1 aliphatic carbocycles. The second-order valence-corrected chi connectivity index (χ2v) is 12.7. The fourth-order valence-corrected chi connectivity index (χ4v) is 7.02. The molecule has 44 heavy (non-hydrogen) atoms. The number of carbonyl (C=O) groups excluding carboxylic acids is 4. The van der Waals surface area contributed by atoms with Crippen molar-refractivity contribution in [3.8, 4) is 5.75 Å². The van der Waals surface area contributed by atoms with Crippen LogP contribution in [0.15, 0.2) is 54.6 Å². The third kappa shape index (κ3) is 8.18. The van der Waals surface area contributed by atoms with E-state index in [0.717, 1.165) is 30.4 Å². The summed E-state index contributed by atoms with van der Waals surface area (Å²) in [5.74, 6) is -1.05. The molecule has 0 bridgehead atoms. The van der Waals surface area contributed by atoms with Crippen molar-refractivity contribution in [3.63, 3.8) is 0 Å². The van der Waals surface area contributed by atoms with Crippen LogP contribution >= 0.6 is 0 Å². The molecular formula is C35H46N4O5. The van der Waals surface area contributed by atoms with Crippen LogP contribution < -0.4 is 5.32 Å². The number of hydrogen-bond donors (Lipinski definition) is 2. The van der Waals surface area contributed by atoms with Crippen LogP contribution in [-0.2, 0) is 32.0 Å². The second-order valence-electron chi connectivity index (χ2n) is 12.7. The number of aromatic hydroxyl groups is 1. The first-order valence-electron chi connectivity index (χ1n) is 16.4. The highest BCUT2D eigenvalue weighted by Gasteiger charge is 2.39. The van der Waals surface area contributed by atoms with Gasteiger partial charge in [0, 0.05) is 38.8 Å². The average molecular weight is 603 g/mol. The first kappa shape index (κ1) is 31.5. The average Bonchev–Trinajstić information content (AvgIpc) is 3.04. The maximum absolute atomic E-state index is 13.4. The van der Waals surface area contributed by atoms with Gasteiger partial charge in [-0.3, -0.25) is 19.2 Å². The van der Waals surface area contributed by atoms with E-state index in [1.807, 2.05) is 42.5 Å². The normalized spacial score (nSPS) is 21.6. The molecule has 2 atom stereocenters. The second kappa shape index (κ2) is 15.2. The van der Waals surface area contributed by atoms with Crippen LogP contribution in [0, 0.1) is 5.92 Å². The van der Waals surface area contributed by atoms with E-state index in [1.54, 1.807) is 26.8 Å². The van der Waals surface area contributed by atoms with E-state index in [4.69, 9.17) is 0 Å². The molecule has 2 N–H and O–H groups in total. The van der Waals surface area contributed by atoms with Crippen molar-refractivity contribution < 1.29 is 24.3 Å². The van der Waals surface area contributed by atoms with Crippen LogP contribution in [0.2, 0.25) is 0 Å². The van der Waals surface area contributed by atoms with Crippen LogP contribution in [0.1, 0.15) is 68.9 Å². The molecule has 2 aromatic rings. The van der Waals surface area contributed by atoms with Crippen LogP contribution in [0.5, 0.6) is 5.75 Å². The minimum Gasteiger partial charge on any atom is -0.508 e. The Balaban J connectivity index is 1.17. The highest BCUT2D eigenvalue weighted by Crippen LogP contribution is 2.27. The summed E-state index contributed by atoms with van der Waals surface area (Å²) in [5, 5.41) is 12.5. The van der Waals surface area contributed by atoms with Crippen molar-refractivity contribution in [1.82, 2.24) is 20.0 Å². The standard InChI is InChI=1S/C35H46N4O5/c40-31-16-14-28(15-17-31)23-30-25-37(34(43)35(44)39(30)22-19-27-11-5-2-6-12-27)20-8-7-13-29-24-36-32(41)33(42)38(29)21-18-26-9-3-1-4-10-26/h2,5-6,11-12,14-17,26,29-30,40H,1,3-4,7-10,13,18-25H2,(H,36,41)/t29-,30-/m0/s1. The Kier molecular flexibility index (Phi) is 10.9. The molecule has 9 heteroatoms. The maximum atomic E-state index is 13.4. The number of benzene rings is 2. The van der Waals surface area contributed by atoms with Crippen molar-refractivity contribution in [1.29, 1.82) is 0 Å². The Morgan fingerprint density at radius 1 is 0.705 bits per heavy atom. The van der Waals surface area contributed by atoms with Gasteiger partial charge in [-0.2, -0.15) is 0 Å². The molecule has 0 spiro atoms. The predicted molar refractivity (Wildman–Crippen MR) is 168 cm³/mol. The van der Waals surface area contributed by atoms with Crippen LogP contribution in [-0.4, -0.2) is 88.2 Å². The van der Waals surface area contributed by atoms with Gasteiger partial charge in [-0.05, 0) is 67.7 Å². The number of nitrogens with zero attached hydrogens (tertiary/aromatic N) is 3. The quantitative estimate of drug-likeness (QED) is 0.269. The van der Waals surface area contributed by atoms with Crippen molar-refractivity contribution in [2.75, 3.05) is 32.7 Å². The van der Waals surface area contributed by atoms with Crippen molar-refractivity contribution in [2.45, 2.75) is 82.7 Å². The third-order valence-corrected chi connectivity index (χ3v) is 9.61. The summed E-state index contributed by atoms with van der Waals surface area (Å²) in [4.78, 5) is 56.7. The van der Waals surface area contributed by atoms with Gasteiger partial charge in [0.05, 0.1) is 6.04 Å². The minimum absolute atomic E-state index is 0.0433. The molecule has 3 aliphatic rings. The third-order valence-electron chi connectivity index (χ3n) is 9.61. The van der Waals surface area contributed by atoms with Gasteiger partial charge in [0.1, 0.15) is 5.75 Å². The zero-order valence-electron chi connectivity index (χ0n) is 25.7. The molecule has 2 saturated heterocycles. The molecule has 236 valence electrons. The summed E-state index contributed by atoms with van der Waals surface area (Å²) in [7, 11) is 0. The minimum atomic E-state index is -0.515. The summed E-state index contributed by atoms with van der Waals surface area (Å²) in [5.41, 5.74) is 2.11. The number of hydrogen-bond acceptors (Lipinski definition) is 5. The van der Waals surface area contributed by atoms with E-state index in [9.17, 15) is 24.3 Å². The highest BCUT2D eigenvalue weighted by molar-refractivity contribution is 6.36. The zero-order valence-corrected chi connectivity index (χ0v) is 25.7. The Morgan fingerprint density at radius 2 is 1.43 bits per heavy atom. The smallest absolute Gasteiger partial charge is 0.312 e. The van der Waals surface area contributed by atoms with Crippen molar-refractivity contribution in [2.24, 2.45) is 5.92 Å². The SMILES string of the molecule is O=C1NC[C@H](CCCCN2C[C@H](Cc3ccc(O)cc3)N(CCc3ccccc3)C(=O)C2=O)N(CCC2CCCCC2)C1=O. The molecule has 0 unspecified atom stereocenters. The molecule has 2 heterocycles. The van der Waals surface area contributed by atoms with Gasteiger partial charge in [0.15, 0.2) is 0 Å². The number of carbonyl (C=O) groups is 4. The van der Waals surface area contributed by atoms with E-state index in [1.165, 1.54) is 32.1 Å². The fourth-order valence-electron chi connectivity index (χ4n) is 7.02. The Morgan fingerprint density at radius 3 is 2.18 bits per heavy atom. The summed E-state index contributed by atoms with van der Waals surface area (Å²) >= 11 is 0. The molecule has 2 aromatic carbocycles.